The fourth-order valence-electron chi connectivity index (χ4n) is 8.38. The van der Waals surface area contributed by atoms with Gasteiger partial charge in [0.25, 0.3) is 5.91 Å². The molecule has 4 saturated carbocycles. The lowest BCUT2D eigenvalue weighted by atomic mass is 9.49. The predicted molar refractivity (Wildman–Crippen MR) is 158 cm³/mol. The van der Waals surface area contributed by atoms with E-state index in [9.17, 15) is 9.90 Å². The van der Waals surface area contributed by atoms with Crippen molar-refractivity contribution in [1.82, 2.24) is 10.2 Å². The van der Waals surface area contributed by atoms with Gasteiger partial charge in [0.1, 0.15) is 5.75 Å². The Morgan fingerprint density at radius 1 is 0.897 bits per heavy atom. The minimum absolute atomic E-state index is 0.0862. The van der Waals surface area contributed by atoms with Crippen molar-refractivity contribution in [2.75, 3.05) is 37.6 Å². The largest absolute Gasteiger partial charge is 0.508 e. The van der Waals surface area contributed by atoms with Gasteiger partial charge in [0, 0.05) is 55.4 Å². The van der Waals surface area contributed by atoms with Gasteiger partial charge in [-0.05, 0) is 121 Å². The van der Waals surface area contributed by atoms with E-state index in [1.54, 1.807) is 17.4 Å². The van der Waals surface area contributed by atoms with Crippen molar-refractivity contribution in [3.8, 4) is 16.9 Å². The van der Waals surface area contributed by atoms with Crippen LogP contribution < -0.4 is 10.2 Å². The zero-order chi connectivity index (χ0) is 26.4. The van der Waals surface area contributed by atoms with Crippen molar-refractivity contribution in [3.05, 3.63) is 70.4 Å². The normalized spacial score (nSPS) is 28.1. The Hall–Kier alpha value is -2.83. The lowest BCUT2D eigenvalue weighted by molar-refractivity contribution is -0.0503. The van der Waals surface area contributed by atoms with E-state index >= 15 is 0 Å². The molecule has 2 heterocycles. The van der Waals surface area contributed by atoms with E-state index < -0.39 is 0 Å². The van der Waals surface area contributed by atoms with Gasteiger partial charge in [-0.25, -0.2) is 0 Å². The summed E-state index contributed by atoms with van der Waals surface area (Å²) in [7, 11) is 0. The number of hydrogen-bond donors (Lipinski definition) is 2. The number of anilines is 1. The third kappa shape index (κ3) is 5.33. The molecule has 0 atom stereocenters. The zero-order valence-electron chi connectivity index (χ0n) is 22.6. The van der Waals surface area contributed by atoms with Gasteiger partial charge in [-0.1, -0.05) is 12.1 Å². The summed E-state index contributed by atoms with van der Waals surface area (Å²) in [6.45, 7) is 5.84. The van der Waals surface area contributed by atoms with E-state index in [4.69, 9.17) is 0 Å². The zero-order valence-corrected chi connectivity index (χ0v) is 23.5. The van der Waals surface area contributed by atoms with E-state index in [0.717, 1.165) is 68.1 Å². The van der Waals surface area contributed by atoms with Gasteiger partial charge in [0.2, 0.25) is 0 Å². The molecule has 0 spiro atoms. The maximum atomic E-state index is 13.0. The van der Waals surface area contributed by atoms with Crippen molar-refractivity contribution in [2.24, 2.45) is 23.2 Å². The molecule has 6 heteroatoms. The summed E-state index contributed by atoms with van der Waals surface area (Å²) >= 11 is 1.79. The van der Waals surface area contributed by atoms with Crippen molar-refractivity contribution in [3.63, 3.8) is 0 Å². The van der Waals surface area contributed by atoms with Crippen molar-refractivity contribution in [1.29, 1.82) is 0 Å². The number of thiophene rings is 1. The first-order chi connectivity index (χ1) is 19.0. The van der Waals surface area contributed by atoms with Crippen molar-refractivity contribution in [2.45, 2.75) is 45.1 Å². The molecule has 2 N–H and O–H groups in total. The third-order valence-corrected chi connectivity index (χ3v) is 10.8. The molecule has 1 saturated heterocycles. The number of piperazine rings is 1. The number of amides is 1. The second-order valence-corrected chi connectivity index (χ2v) is 13.8. The summed E-state index contributed by atoms with van der Waals surface area (Å²) in [5.41, 5.74) is 4.59. The highest BCUT2D eigenvalue weighted by Crippen LogP contribution is 2.59. The minimum Gasteiger partial charge on any atom is -0.508 e. The van der Waals surface area contributed by atoms with Crippen molar-refractivity contribution < 1.29 is 9.90 Å². The molecule has 4 aliphatic carbocycles. The van der Waals surface area contributed by atoms with Crippen LogP contribution in [0.15, 0.2) is 60.0 Å². The van der Waals surface area contributed by atoms with Crippen LogP contribution in [0.1, 0.15) is 53.8 Å². The average Bonchev–Trinajstić information content (AvgIpc) is 3.40. The molecular formula is C33H39N3O2S. The highest BCUT2D eigenvalue weighted by molar-refractivity contribution is 7.10. The SMILES string of the molecule is O=C(NCC12CC3CC(CC(C3)C1)C2)c1ccc(N2CCN(Cc3cc(-c4cccc(O)c4)cs3)CC2)cc1. The quantitative estimate of drug-likeness (QED) is 0.364. The highest BCUT2D eigenvalue weighted by atomic mass is 32.1. The van der Waals surface area contributed by atoms with Crippen LogP contribution in [-0.2, 0) is 6.54 Å². The maximum absolute atomic E-state index is 13.0. The van der Waals surface area contributed by atoms with Crippen LogP contribution in [0, 0.1) is 23.2 Å². The molecular weight excluding hydrogens is 502 g/mol. The van der Waals surface area contributed by atoms with E-state index in [-0.39, 0.29) is 5.91 Å². The summed E-state index contributed by atoms with van der Waals surface area (Å²) in [5.74, 6) is 3.15. The number of hydrogen-bond acceptors (Lipinski definition) is 5. The smallest absolute Gasteiger partial charge is 0.251 e. The van der Waals surface area contributed by atoms with Gasteiger partial charge in [-0.3, -0.25) is 9.69 Å². The van der Waals surface area contributed by atoms with Crippen LogP contribution in [0.4, 0.5) is 5.69 Å². The van der Waals surface area contributed by atoms with E-state index in [2.05, 4.69) is 38.7 Å². The van der Waals surface area contributed by atoms with Crippen LogP contribution in [0.25, 0.3) is 11.1 Å². The van der Waals surface area contributed by atoms with Crippen LogP contribution in [0.2, 0.25) is 0 Å². The van der Waals surface area contributed by atoms with E-state index in [1.165, 1.54) is 54.7 Å². The van der Waals surface area contributed by atoms with Gasteiger partial charge in [-0.15, -0.1) is 11.3 Å². The van der Waals surface area contributed by atoms with Crippen LogP contribution in [0.3, 0.4) is 0 Å². The highest BCUT2D eigenvalue weighted by Gasteiger charge is 2.50. The molecule has 1 aliphatic heterocycles. The van der Waals surface area contributed by atoms with Crippen molar-refractivity contribution >= 4 is 22.9 Å². The Morgan fingerprint density at radius 2 is 1.59 bits per heavy atom. The first kappa shape index (κ1) is 25.2. The fraction of sp³-hybridized carbons (Fsp3) is 0.485. The number of phenolic OH excluding ortho intramolecular Hbond substituents is 1. The van der Waals surface area contributed by atoms with Gasteiger partial charge in [0.05, 0.1) is 0 Å². The molecule has 3 aromatic rings. The van der Waals surface area contributed by atoms with E-state index in [1.807, 2.05) is 30.3 Å². The summed E-state index contributed by atoms with van der Waals surface area (Å²) in [6.07, 6.45) is 8.31. The molecule has 2 aromatic carbocycles. The maximum Gasteiger partial charge on any atom is 0.251 e. The summed E-state index contributed by atoms with van der Waals surface area (Å²) in [5, 5.41) is 15.3. The Morgan fingerprint density at radius 3 is 2.26 bits per heavy atom. The fourth-order valence-corrected chi connectivity index (χ4v) is 9.32. The van der Waals surface area contributed by atoms with Gasteiger partial charge in [0.15, 0.2) is 0 Å². The molecule has 0 radical (unpaired) electrons. The Kier molecular flexibility index (Phi) is 6.64. The molecule has 204 valence electrons. The Labute approximate surface area is 235 Å². The average molecular weight is 542 g/mol. The topological polar surface area (TPSA) is 55.8 Å². The van der Waals surface area contributed by atoms with Crippen LogP contribution in [0.5, 0.6) is 5.75 Å². The molecule has 5 nitrogen and oxygen atoms in total. The Balaban J connectivity index is 0.899. The molecule has 5 fully saturated rings. The first-order valence-electron chi connectivity index (χ1n) is 14.7. The number of carbonyl (C=O) groups excluding carboxylic acids is 1. The van der Waals surface area contributed by atoms with Gasteiger partial charge in [-0.2, -0.15) is 0 Å². The molecule has 5 aliphatic rings. The molecule has 1 amide bonds. The lowest BCUT2D eigenvalue weighted by Crippen LogP contribution is -2.51. The second kappa shape index (κ2) is 10.3. The molecule has 1 aromatic heterocycles. The number of aromatic hydroxyl groups is 1. The molecule has 4 bridgehead atoms. The number of rotatable bonds is 7. The third-order valence-electron chi connectivity index (χ3n) is 9.87. The standard InChI is InChI=1S/C33H39N3O2S/c37-30-3-1-2-27(15-30)28-16-31(39-21-28)20-35-8-10-36(11-9-35)29-6-4-26(5-7-29)32(38)34-22-33-17-23-12-24(18-33)14-25(13-23)19-33/h1-7,15-16,21,23-25,37H,8-14,17-20,22H2,(H,34,38). The number of phenols is 1. The van der Waals surface area contributed by atoms with Crippen LogP contribution in [-0.4, -0.2) is 48.6 Å². The summed E-state index contributed by atoms with van der Waals surface area (Å²) in [6, 6.07) is 18.0. The number of carbonyl (C=O) groups is 1. The van der Waals surface area contributed by atoms with Gasteiger partial charge >= 0.3 is 0 Å². The minimum atomic E-state index is 0.0862. The summed E-state index contributed by atoms with van der Waals surface area (Å²) in [4.78, 5) is 19.3. The van der Waals surface area contributed by atoms with E-state index in [0.29, 0.717) is 11.2 Å². The second-order valence-electron chi connectivity index (χ2n) is 12.8. The lowest BCUT2D eigenvalue weighted by Gasteiger charge is -2.56. The van der Waals surface area contributed by atoms with Crippen LogP contribution >= 0.6 is 11.3 Å². The molecule has 39 heavy (non-hydrogen) atoms. The summed E-state index contributed by atoms with van der Waals surface area (Å²) < 4.78 is 0. The molecule has 8 rings (SSSR count). The molecule has 0 unspecified atom stereocenters. The first-order valence-corrected chi connectivity index (χ1v) is 15.6. The predicted octanol–water partition coefficient (Wildman–Crippen LogP) is 6.39. The monoisotopic (exact) mass is 541 g/mol. The number of nitrogens with zero attached hydrogens (tertiary/aromatic N) is 2. The number of benzene rings is 2. The van der Waals surface area contributed by atoms with Gasteiger partial charge < -0.3 is 15.3 Å². The Bertz CT molecular complexity index is 1290. The number of nitrogens with one attached hydrogen (secondary N) is 1.